The highest BCUT2D eigenvalue weighted by molar-refractivity contribution is 5.79. The molecule has 1 fully saturated rings. The van der Waals surface area contributed by atoms with E-state index in [0.717, 1.165) is 25.8 Å². The molecular weight excluding hydrogens is 126 g/mol. The van der Waals surface area contributed by atoms with Gasteiger partial charge < -0.3 is 5.32 Å². The molecule has 58 valence electrons. The van der Waals surface area contributed by atoms with Crippen molar-refractivity contribution in [2.75, 3.05) is 6.54 Å². The third-order valence-corrected chi connectivity index (χ3v) is 1.93. The predicted molar refractivity (Wildman–Crippen MR) is 40.9 cm³/mol. The lowest BCUT2D eigenvalue weighted by molar-refractivity contribution is -0.119. The highest BCUT2D eigenvalue weighted by atomic mass is 16.1. The Balaban J connectivity index is 2.05. The quantitative estimate of drug-likeness (QED) is 0.635. The van der Waals surface area contributed by atoms with E-state index >= 15 is 0 Å². The molecule has 2 heteroatoms. The van der Waals surface area contributed by atoms with E-state index in [0.29, 0.717) is 11.8 Å². The lowest BCUT2D eigenvalue weighted by Crippen LogP contribution is -2.44. The third kappa shape index (κ3) is 2.10. The fourth-order valence-electron chi connectivity index (χ4n) is 1.18. The lowest BCUT2D eigenvalue weighted by atomic mass is 9.99. The Bertz CT molecular complexity index is 118. The average Bonchev–Trinajstić information content (AvgIpc) is 1.80. The molecule has 1 heterocycles. The molecule has 1 rings (SSSR count). The lowest BCUT2D eigenvalue weighted by Gasteiger charge is -2.26. The minimum Gasteiger partial charge on any atom is -0.313 e. The van der Waals surface area contributed by atoms with Gasteiger partial charge in [-0.15, -0.1) is 0 Å². The Labute approximate surface area is 62.0 Å². The van der Waals surface area contributed by atoms with Gasteiger partial charge in [0.2, 0.25) is 0 Å². The van der Waals surface area contributed by atoms with Crippen molar-refractivity contribution in [3.05, 3.63) is 0 Å². The van der Waals surface area contributed by atoms with Gasteiger partial charge in [-0.05, 0) is 19.4 Å². The van der Waals surface area contributed by atoms with Gasteiger partial charge in [0.05, 0.1) is 0 Å². The summed E-state index contributed by atoms with van der Waals surface area (Å²) in [5, 5.41) is 3.21. The SMILES string of the molecule is CCCC(=O)CC1CCN1. The Morgan fingerprint density at radius 3 is 2.80 bits per heavy atom. The Morgan fingerprint density at radius 1 is 1.70 bits per heavy atom. The van der Waals surface area contributed by atoms with E-state index in [1.54, 1.807) is 0 Å². The molecule has 0 aromatic heterocycles. The molecule has 1 saturated heterocycles. The summed E-state index contributed by atoms with van der Waals surface area (Å²) in [6.45, 7) is 3.15. The standard InChI is InChI=1S/C8H15NO/c1-2-3-8(10)6-7-4-5-9-7/h7,9H,2-6H2,1H3. The van der Waals surface area contributed by atoms with Crippen LogP contribution in [-0.2, 0) is 4.79 Å². The first-order chi connectivity index (χ1) is 4.83. The van der Waals surface area contributed by atoms with Gasteiger partial charge in [0.15, 0.2) is 0 Å². The third-order valence-electron chi connectivity index (χ3n) is 1.93. The largest absolute Gasteiger partial charge is 0.313 e. The van der Waals surface area contributed by atoms with Crippen LogP contribution in [0.2, 0.25) is 0 Å². The first-order valence-corrected chi connectivity index (χ1v) is 4.08. The van der Waals surface area contributed by atoms with E-state index in [1.165, 1.54) is 6.42 Å². The van der Waals surface area contributed by atoms with Gasteiger partial charge in [0.25, 0.3) is 0 Å². The van der Waals surface area contributed by atoms with Crippen molar-refractivity contribution in [1.29, 1.82) is 0 Å². The summed E-state index contributed by atoms with van der Waals surface area (Å²) in [6.07, 6.45) is 3.70. The molecule has 0 amide bonds. The van der Waals surface area contributed by atoms with E-state index in [2.05, 4.69) is 5.32 Å². The Hall–Kier alpha value is -0.370. The summed E-state index contributed by atoms with van der Waals surface area (Å²) in [5.74, 6) is 0.416. The van der Waals surface area contributed by atoms with Crippen LogP contribution < -0.4 is 5.32 Å². The molecule has 0 radical (unpaired) electrons. The van der Waals surface area contributed by atoms with Crippen molar-refractivity contribution in [1.82, 2.24) is 5.32 Å². The van der Waals surface area contributed by atoms with Crippen molar-refractivity contribution in [2.24, 2.45) is 0 Å². The zero-order valence-corrected chi connectivity index (χ0v) is 6.52. The topological polar surface area (TPSA) is 29.1 Å². The van der Waals surface area contributed by atoms with Crippen LogP contribution in [0, 0.1) is 0 Å². The van der Waals surface area contributed by atoms with Crippen LogP contribution >= 0.6 is 0 Å². The second-order valence-corrected chi connectivity index (χ2v) is 2.93. The minimum atomic E-state index is 0.416. The summed E-state index contributed by atoms with van der Waals surface area (Å²) < 4.78 is 0. The number of carbonyl (C=O) groups excluding carboxylic acids is 1. The van der Waals surface area contributed by atoms with Gasteiger partial charge >= 0.3 is 0 Å². The maximum absolute atomic E-state index is 11.0. The van der Waals surface area contributed by atoms with Gasteiger partial charge in [0, 0.05) is 18.9 Å². The Kier molecular flexibility index (Phi) is 2.87. The van der Waals surface area contributed by atoms with Crippen molar-refractivity contribution in [3.63, 3.8) is 0 Å². The van der Waals surface area contributed by atoms with Crippen LogP contribution in [0.25, 0.3) is 0 Å². The maximum Gasteiger partial charge on any atom is 0.134 e. The van der Waals surface area contributed by atoms with E-state index in [4.69, 9.17) is 0 Å². The molecule has 2 nitrogen and oxygen atoms in total. The molecule has 1 unspecified atom stereocenters. The fourth-order valence-corrected chi connectivity index (χ4v) is 1.18. The molecule has 0 bridgehead atoms. The molecule has 1 aliphatic heterocycles. The molecule has 0 aliphatic carbocycles. The van der Waals surface area contributed by atoms with Crippen LogP contribution in [0.3, 0.4) is 0 Å². The van der Waals surface area contributed by atoms with Crippen LogP contribution in [0.15, 0.2) is 0 Å². The van der Waals surface area contributed by atoms with Crippen molar-refractivity contribution >= 4 is 5.78 Å². The van der Waals surface area contributed by atoms with E-state index in [-0.39, 0.29) is 0 Å². The molecule has 0 aromatic carbocycles. The summed E-state index contributed by atoms with van der Waals surface area (Å²) in [5.41, 5.74) is 0. The van der Waals surface area contributed by atoms with Crippen molar-refractivity contribution in [2.45, 2.75) is 38.6 Å². The molecule has 0 spiro atoms. The van der Waals surface area contributed by atoms with Gasteiger partial charge in [-0.2, -0.15) is 0 Å². The van der Waals surface area contributed by atoms with Gasteiger partial charge in [-0.25, -0.2) is 0 Å². The number of nitrogens with one attached hydrogen (secondary N) is 1. The number of Topliss-reactive ketones (excluding diaryl/α,β-unsaturated/α-hetero) is 1. The van der Waals surface area contributed by atoms with Gasteiger partial charge in [-0.3, -0.25) is 4.79 Å². The summed E-state index contributed by atoms with van der Waals surface area (Å²) in [4.78, 5) is 11.0. The van der Waals surface area contributed by atoms with Crippen LogP contribution in [-0.4, -0.2) is 18.4 Å². The van der Waals surface area contributed by atoms with E-state index < -0.39 is 0 Å². The maximum atomic E-state index is 11.0. The fraction of sp³-hybridized carbons (Fsp3) is 0.875. The first kappa shape index (κ1) is 7.73. The zero-order valence-electron chi connectivity index (χ0n) is 6.52. The number of hydrogen-bond acceptors (Lipinski definition) is 2. The number of ketones is 1. The molecule has 1 atom stereocenters. The van der Waals surface area contributed by atoms with Crippen molar-refractivity contribution < 1.29 is 4.79 Å². The van der Waals surface area contributed by atoms with E-state index in [1.807, 2.05) is 6.92 Å². The van der Waals surface area contributed by atoms with Crippen LogP contribution in [0.1, 0.15) is 32.6 Å². The number of hydrogen-bond donors (Lipinski definition) is 1. The average molecular weight is 141 g/mol. The normalized spacial score (nSPS) is 23.9. The second-order valence-electron chi connectivity index (χ2n) is 2.93. The second kappa shape index (κ2) is 3.71. The highest BCUT2D eigenvalue weighted by Gasteiger charge is 2.18. The zero-order chi connectivity index (χ0) is 7.40. The van der Waals surface area contributed by atoms with Gasteiger partial charge in [-0.1, -0.05) is 6.92 Å². The molecule has 1 aliphatic rings. The van der Waals surface area contributed by atoms with E-state index in [9.17, 15) is 4.79 Å². The summed E-state index contributed by atoms with van der Waals surface area (Å²) >= 11 is 0. The number of carbonyl (C=O) groups is 1. The van der Waals surface area contributed by atoms with Crippen molar-refractivity contribution in [3.8, 4) is 0 Å². The number of rotatable bonds is 4. The minimum absolute atomic E-state index is 0.416. The smallest absolute Gasteiger partial charge is 0.134 e. The monoisotopic (exact) mass is 141 g/mol. The highest BCUT2D eigenvalue weighted by Crippen LogP contribution is 2.08. The van der Waals surface area contributed by atoms with Crippen LogP contribution in [0.5, 0.6) is 0 Å². The first-order valence-electron chi connectivity index (χ1n) is 4.08. The van der Waals surface area contributed by atoms with Crippen LogP contribution in [0.4, 0.5) is 0 Å². The van der Waals surface area contributed by atoms with Gasteiger partial charge in [0.1, 0.15) is 5.78 Å². The summed E-state index contributed by atoms with van der Waals surface area (Å²) in [6, 6.07) is 0.513. The Morgan fingerprint density at radius 2 is 2.40 bits per heavy atom. The summed E-state index contributed by atoms with van der Waals surface area (Å²) in [7, 11) is 0. The predicted octanol–water partition coefficient (Wildman–Crippen LogP) is 1.11. The molecule has 0 saturated carbocycles. The molecule has 1 N–H and O–H groups in total. The molecule has 10 heavy (non-hydrogen) atoms. The molecule has 0 aromatic rings. The molecular formula is C8H15NO.